The summed E-state index contributed by atoms with van der Waals surface area (Å²) in [6, 6.07) is 26.7. The van der Waals surface area contributed by atoms with Gasteiger partial charge in [0.25, 0.3) is 5.91 Å². The predicted molar refractivity (Wildman–Crippen MR) is 161 cm³/mol. The van der Waals surface area contributed by atoms with E-state index in [9.17, 15) is 4.79 Å². The molecule has 194 valence electrons. The highest BCUT2D eigenvalue weighted by Crippen LogP contribution is 2.38. The van der Waals surface area contributed by atoms with Crippen LogP contribution in [0.1, 0.15) is 30.5 Å². The number of thioether (sulfide) groups is 1. The Labute approximate surface area is 235 Å². The Morgan fingerprint density at radius 3 is 2.42 bits per heavy atom. The van der Waals surface area contributed by atoms with E-state index in [1.165, 1.54) is 28.1 Å². The number of benzene rings is 4. The molecular weight excluding hydrogens is 560 g/mol. The van der Waals surface area contributed by atoms with Crippen LogP contribution < -0.4 is 20.1 Å². The normalized spacial score (nSPS) is 16.0. The molecule has 1 aliphatic heterocycles. The van der Waals surface area contributed by atoms with Crippen molar-refractivity contribution in [3.8, 4) is 11.5 Å². The molecule has 0 saturated carbocycles. The summed E-state index contributed by atoms with van der Waals surface area (Å²) >= 11 is 5.12. The summed E-state index contributed by atoms with van der Waals surface area (Å²) in [4.78, 5) is 13.3. The molecule has 0 radical (unpaired) electrons. The number of fused-ring (bicyclic) bond motifs is 1. The lowest BCUT2D eigenvalue weighted by Gasteiger charge is -2.15. The van der Waals surface area contributed by atoms with Crippen LogP contribution in [0.15, 0.2) is 88.2 Å². The number of ether oxygens (including phenoxy) is 2. The van der Waals surface area contributed by atoms with Crippen molar-refractivity contribution in [1.29, 1.82) is 0 Å². The highest BCUT2D eigenvalue weighted by molar-refractivity contribution is 9.10. The van der Waals surface area contributed by atoms with E-state index in [0.29, 0.717) is 29.6 Å². The van der Waals surface area contributed by atoms with E-state index in [4.69, 9.17) is 9.47 Å². The van der Waals surface area contributed by atoms with Crippen LogP contribution in [0.4, 0.5) is 5.69 Å². The highest BCUT2D eigenvalue weighted by Gasteiger charge is 2.27. The predicted octanol–water partition coefficient (Wildman–Crippen LogP) is 7.74. The van der Waals surface area contributed by atoms with Crippen LogP contribution in [-0.2, 0) is 17.8 Å². The molecule has 5 rings (SSSR count). The Balaban J connectivity index is 1.31. The number of hydrogen-bond donors (Lipinski definition) is 2. The van der Waals surface area contributed by atoms with Crippen LogP contribution in [-0.4, -0.2) is 18.0 Å². The van der Waals surface area contributed by atoms with Crippen molar-refractivity contribution in [2.45, 2.75) is 32.4 Å². The molecule has 1 saturated heterocycles. The number of rotatable bonds is 9. The first-order chi connectivity index (χ1) is 18.5. The third-order valence-electron chi connectivity index (χ3n) is 6.25. The van der Waals surface area contributed by atoms with E-state index >= 15 is 0 Å². The standard InChI is InChI=1S/C31H29BrN2O3S/c1-3-20-10-13-25(14-11-20)33-31-34-30(35)29(38-31)17-24-16-27(36-4-2)28(18-26(24)32)37-19-21-9-12-22-7-5-6-8-23(22)15-21/h5-18,31,33H,3-4,19H2,1-2H3,(H,34,35)/b29-17-/t31-/m0/s1. The molecule has 4 aromatic carbocycles. The fraction of sp³-hybridized carbons (Fsp3) is 0.194. The molecule has 2 N–H and O–H groups in total. The van der Waals surface area contributed by atoms with Crippen LogP contribution >= 0.6 is 27.7 Å². The monoisotopic (exact) mass is 588 g/mol. The summed E-state index contributed by atoms with van der Waals surface area (Å²) in [6.45, 7) is 4.99. The van der Waals surface area contributed by atoms with Gasteiger partial charge in [-0.15, -0.1) is 0 Å². The van der Waals surface area contributed by atoms with Crippen molar-refractivity contribution in [2.75, 3.05) is 11.9 Å². The molecule has 7 heteroatoms. The Morgan fingerprint density at radius 1 is 0.921 bits per heavy atom. The highest BCUT2D eigenvalue weighted by atomic mass is 79.9. The maximum atomic E-state index is 12.7. The first-order valence-corrected chi connectivity index (χ1v) is 14.3. The topological polar surface area (TPSA) is 59.6 Å². The minimum absolute atomic E-state index is 0.112. The lowest BCUT2D eigenvalue weighted by atomic mass is 10.1. The van der Waals surface area contributed by atoms with E-state index in [1.54, 1.807) is 0 Å². The van der Waals surface area contributed by atoms with Gasteiger partial charge in [0.05, 0.1) is 11.5 Å². The molecule has 1 atom stereocenters. The Kier molecular flexibility index (Phi) is 8.25. The zero-order valence-electron chi connectivity index (χ0n) is 21.3. The lowest BCUT2D eigenvalue weighted by Crippen LogP contribution is -2.30. The zero-order chi connectivity index (χ0) is 26.5. The van der Waals surface area contributed by atoms with E-state index < -0.39 is 0 Å². The number of aryl methyl sites for hydroxylation is 1. The van der Waals surface area contributed by atoms with Crippen LogP contribution in [0.25, 0.3) is 16.8 Å². The van der Waals surface area contributed by atoms with Gasteiger partial charge in [-0.3, -0.25) is 4.79 Å². The first-order valence-electron chi connectivity index (χ1n) is 12.6. The number of amides is 1. The number of carbonyl (C=O) groups excluding carboxylic acids is 1. The summed E-state index contributed by atoms with van der Waals surface area (Å²) < 4.78 is 12.9. The van der Waals surface area contributed by atoms with Gasteiger partial charge in [0.15, 0.2) is 17.0 Å². The van der Waals surface area contributed by atoms with Crippen molar-refractivity contribution in [3.05, 3.63) is 105 Å². The maximum absolute atomic E-state index is 12.7. The van der Waals surface area contributed by atoms with Gasteiger partial charge in [-0.1, -0.05) is 83.1 Å². The fourth-order valence-corrected chi connectivity index (χ4v) is 5.64. The molecule has 1 fully saturated rings. The molecule has 5 nitrogen and oxygen atoms in total. The average molecular weight is 590 g/mol. The Hall–Kier alpha value is -3.42. The van der Waals surface area contributed by atoms with E-state index in [0.717, 1.165) is 27.7 Å². The van der Waals surface area contributed by atoms with E-state index in [2.05, 4.69) is 76.0 Å². The molecule has 0 bridgehead atoms. The molecule has 0 unspecified atom stereocenters. The van der Waals surface area contributed by atoms with Gasteiger partial charge in [0, 0.05) is 10.2 Å². The first kappa shape index (κ1) is 26.2. The molecule has 38 heavy (non-hydrogen) atoms. The Morgan fingerprint density at radius 2 is 1.66 bits per heavy atom. The molecule has 1 heterocycles. The van der Waals surface area contributed by atoms with Crippen molar-refractivity contribution < 1.29 is 14.3 Å². The zero-order valence-corrected chi connectivity index (χ0v) is 23.7. The van der Waals surface area contributed by atoms with Gasteiger partial charge in [-0.25, -0.2) is 0 Å². The molecule has 4 aromatic rings. The number of halogens is 1. The smallest absolute Gasteiger partial charge is 0.260 e. The quantitative estimate of drug-likeness (QED) is 0.196. The van der Waals surface area contributed by atoms with Crippen LogP contribution in [0.3, 0.4) is 0 Å². The second kappa shape index (κ2) is 12.0. The molecule has 0 aliphatic carbocycles. The summed E-state index contributed by atoms with van der Waals surface area (Å²) in [6.07, 6.45) is 2.87. The van der Waals surface area contributed by atoms with Gasteiger partial charge in [-0.05, 0) is 77.2 Å². The van der Waals surface area contributed by atoms with E-state index in [-0.39, 0.29) is 11.4 Å². The van der Waals surface area contributed by atoms with Gasteiger partial charge in [-0.2, -0.15) is 0 Å². The molecule has 1 aliphatic rings. The van der Waals surface area contributed by atoms with Crippen LogP contribution in [0.2, 0.25) is 0 Å². The molecule has 1 amide bonds. The molecule has 0 aromatic heterocycles. The fourth-order valence-electron chi connectivity index (χ4n) is 4.23. The van der Waals surface area contributed by atoms with E-state index in [1.807, 2.05) is 49.4 Å². The summed E-state index contributed by atoms with van der Waals surface area (Å²) in [5, 5.41) is 8.75. The maximum Gasteiger partial charge on any atom is 0.260 e. The SMILES string of the molecule is CCOc1cc(/C=C2\S[C@@H](Nc3ccc(CC)cc3)NC2=O)c(Br)cc1OCc1ccc2ccccc2c1. The van der Waals surface area contributed by atoms with Crippen LogP contribution in [0.5, 0.6) is 11.5 Å². The van der Waals surface area contributed by atoms with Gasteiger partial charge in [0.2, 0.25) is 0 Å². The van der Waals surface area contributed by atoms with Crippen molar-refractivity contribution in [2.24, 2.45) is 0 Å². The average Bonchev–Trinajstić information content (AvgIpc) is 3.28. The van der Waals surface area contributed by atoms with Gasteiger partial charge >= 0.3 is 0 Å². The number of carbonyl (C=O) groups is 1. The third-order valence-corrected chi connectivity index (χ3v) is 7.96. The van der Waals surface area contributed by atoms with Crippen molar-refractivity contribution in [3.63, 3.8) is 0 Å². The van der Waals surface area contributed by atoms with Gasteiger partial charge < -0.3 is 20.1 Å². The number of hydrogen-bond acceptors (Lipinski definition) is 5. The van der Waals surface area contributed by atoms with Crippen molar-refractivity contribution in [1.82, 2.24) is 5.32 Å². The minimum Gasteiger partial charge on any atom is -0.490 e. The molecular formula is C31H29BrN2O3S. The summed E-state index contributed by atoms with van der Waals surface area (Å²) in [7, 11) is 0. The number of anilines is 1. The number of nitrogens with one attached hydrogen (secondary N) is 2. The summed E-state index contributed by atoms with van der Waals surface area (Å²) in [5.41, 5.74) is 3.93. The van der Waals surface area contributed by atoms with Gasteiger partial charge in [0.1, 0.15) is 6.61 Å². The lowest BCUT2D eigenvalue weighted by molar-refractivity contribution is -0.116. The molecule has 0 spiro atoms. The minimum atomic E-state index is -0.240. The van der Waals surface area contributed by atoms with Crippen molar-refractivity contribution >= 4 is 56.1 Å². The summed E-state index contributed by atoms with van der Waals surface area (Å²) in [5.74, 6) is 1.17. The Bertz CT molecular complexity index is 1490. The van der Waals surface area contributed by atoms with Crippen LogP contribution in [0, 0.1) is 0 Å². The third kappa shape index (κ3) is 6.17. The largest absolute Gasteiger partial charge is 0.490 e. The second-order valence-electron chi connectivity index (χ2n) is 8.90. The second-order valence-corrected chi connectivity index (χ2v) is 10.9.